The van der Waals surface area contributed by atoms with Crippen LogP contribution in [0.4, 0.5) is 0 Å². The van der Waals surface area contributed by atoms with Crippen molar-refractivity contribution >= 4 is 11.7 Å². The summed E-state index contributed by atoms with van der Waals surface area (Å²) in [6.07, 6.45) is 0.622. The maximum atomic E-state index is 12.1. The van der Waals surface area contributed by atoms with Crippen LogP contribution in [0.5, 0.6) is 11.5 Å². The molecular formula is C14H18N2O4. The fourth-order valence-corrected chi connectivity index (χ4v) is 2.44. The Hall–Kier alpha value is -2.08. The fraction of sp³-hybridized carbons (Fsp3) is 0.429. The second-order valence-electron chi connectivity index (χ2n) is 5.51. The first-order valence-electron chi connectivity index (χ1n) is 6.39. The Morgan fingerprint density at radius 3 is 2.65 bits per heavy atom. The summed E-state index contributed by atoms with van der Waals surface area (Å²) in [5, 5.41) is 18.9. The van der Waals surface area contributed by atoms with Crippen molar-refractivity contribution in [3.63, 3.8) is 0 Å². The first-order chi connectivity index (χ1) is 9.32. The zero-order valence-electron chi connectivity index (χ0n) is 11.3. The third-order valence-corrected chi connectivity index (χ3v) is 3.80. The molecule has 0 spiro atoms. The van der Waals surface area contributed by atoms with Crippen LogP contribution in [0, 0.1) is 5.41 Å². The number of amides is 1. The van der Waals surface area contributed by atoms with E-state index in [0.29, 0.717) is 19.5 Å². The van der Waals surface area contributed by atoms with Crippen LogP contribution >= 0.6 is 0 Å². The predicted octanol–water partition coefficient (Wildman–Crippen LogP) is 0.478. The third-order valence-electron chi connectivity index (χ3n) is 3.80. The Balaban J connectivity index is 2.04. The minimum Gasteiger partial charge on any atom is -0.508 e. The number of carbonyl (C=O) groups is 2. The molecule has 0 saturated carbocycles. The number of Topliss-reactive ketones (excluding diaryl/α,β-unsaturated/α-hetero) is 1. The lowest BCUT2D eigenvalue weighted by molar-refractivity contribution is -0.126. The molecule has 2 rings (SSSR count). The largest absolute Gasteiger partial charge is 0.508 e. The van der Waals surface area contributed by atoms with Gasteiger partial charge in [0.25, 0.3) is 0 Å². The number of hydrogen-bond acceptors (Lipinski definition) is 5. The summed E-state index contributed by atoms with van der Waals surface area (Å²) in [5.74, 6) is -0.954. The lowest BCUT2D eigenvalue weighted by Crippen LogP contribution is -2.38. The maximum absolute atomic E-state index is 12.1. The zero-order valence-corrected chi connectivity index (χ0v) is 11.3. The summed E-state index contributed by atoms with van der Waals surface area (Å²) in [7, 11) is 0. The Bertz CT molecular complexity index is 558. The standard InChI is InChI=1S/C14H18N2O4/c1-14(13(15)20)4-5-16(8-14)7-12(19)10-3-2-9(17)6-11(10)18/h2-3,6,17-18H,4-5,7-8H2,1H3,(H2,15,20). The van der Waals surface area contributed by atoms with Crippen LogP contribution in [-0.2, 0) is 4.79 Å². The van der Waals surface area contributed by atoms with Gasteiger partial charge in [-0.05, 0) is 32.0 Å². The van der Waals surface area contributed by atoms with E-state index in [1.54, 1.807) is 6.92 Å². The van der Waals surface area contributed by atoms with E-state index in [0.717, 1.165) is 6.07 Å². The van der Waals surface area contributed by atoms with Crippen LogP contribution in [0.3, 0.4) is 0 Å². The molecular weight excluding hydrogens is 260 g/mol. The zero-order chi connectivity index (χ0) is 14.9. The number of aromatic hydroxyl groups is 2. The van der Waals surface area contributed by atoms with Gasteiger partial charge in [0, 0.05) is 12.6 Å². The normalized spacial score (nSPS) is 22.9. The number of phenols is 2. The quantitative estimate of drug-likeness (QED) is 0.695. The maximum Gasteiger partial charge on any atom is 0.224 e. The summed E-state index contributed by atoms with van der Waals surface area (Å²) in [4.78, 5) is 25.3. The third kappa shape index (κ3) is 2.75. The smallest absolute Gasteiger partial charge is 0.224 e. The molecule has 0 radical (unpaired) electrons. The van der Waals surface area contributed by atoms with E-state index in [2.05, 4.69) is 0 Å². The van der Waals surface area contributed by atoms with Crippen molar-refractivity contribution in [2.75, 3.05) is 19.6 Å². The number of carbonyl (C=O) groups excluding carboxylic acids is 2. The molecule has 0 aromatic heterocycles. The van der Waals surface area contributed by atoms with Gasteiger partial charge < -0.3 is 15.9 Å². The fourth-order valence-electron chi connectivity index (χ4n) is 2.44. The number of primary amides is 1. The van der Waals surface area contributed by atoms with Gasteiger partial charge in [-0.3, -0.25) is 14.5 Å². The van der Waals surface area contributed by atoms with Gasteiger partial charge in [-0.25, -0.2) is 0 Å². The predicted molar refractivity (Wildman–Crippen MR) is 72.5 cm³/mol. The van der Waals surface area contributed by atoms with Gasteiger partial charge in [-0.2, -0.15) is 0 Å². The molecule has 1 aromatic carbocycles. The summed E-state index contributed by atoms with van der Waals surface area (Å²) in [6.45, 7) is 2.95. The van der Waals surface area contributed by atoms with Crippen molar-refractivity contribution < 1.29 is 19.8 Å². The van der Waals surface area contributed by atoms with Gasteiger partial charge in [0.15, 0.2) is 5.78 Å². The lowest BCUT2D eigenvalue weighted by Gasteiger charge is -2.20. The van der Waals surface area contributed by atoms with Crippen molar-refractivity contribution in [1.82, 2.24) is 4.90 Å². The molecule has 0 aliphatic carbocycles. The van der Waals surface area contributed by atoms with Crippen LogP contribution < -0.4 is 5.73 Å². The van der Waals surface area contributed by atoms with Gasteiger partial charge in [0.2, 0.25) is 5.91 Å². The summed E-state index contributed by atoms with van der Waals surface area (Å²) in [6, 6.07) is 3.87. The molecule has 1 unspecified atom stereocenters. The molecule has 20 heavy (non-hydrogen) atoms. The molecule has 1 aliphatic rings. The second kappa shape index (κ2) is 5.13. The minimum atomic E-state index is -0.600. The number of phenolic OH excluding ortho intramolecular Hbond substituents is 2. The molecule has 4 N–H and O–H groups in total. The highest BCUT2D eigenvalue weighted by molar-refractivity contribution is 6.00. The van der Waals surface area contributed by atoms with E-state index in [1.807, 2.05) is 4.90 Å². The van der Waals surface area contributed by atoms with Gasteiger partial charge >= 0.3 is 0 Å². The highest BCUT2D eigenvalue weighted by Crippen LogP contribution is 2.30. The molecule has 108 valence electrons. The molecule has 1 aromatic rings. The first kappa shape index (κ1) is 14.3. The number of hydrogen-bond donors (Lipinski definition) is 3. The Morgan fingerprint density at radius 2 is 2.10 bits per heavy atom. The molecule has 6 heteroatoms. The second-order valence-corrected chi connectivity index (χ2v) is 5.51. The lowest BCUT2D eigenvalue weighted by atomic mass is 9.89. The van der Waals surface area contributed by atoms with Gasteiger partial charge in [0.1, 0.15) is 11.5 Å². The van der Waals surface area contributed by atoms with Crippen LogP contribution in [-0.4, -0.2) is 46.4 Å². The number of nitrogens with zero attached hydrogens (tertiary/aromatic N) is 1. The highest BCUT2D eigenvalue weighted by Gasteiger charge is 2.39. The molecule has 1 saturated heterocycles. The SMILES string of the molecule is CC1(C(N)=O)CCN(CC(=O)c2ccc(O)cc2O)C1. The number of rotatable bonds is 4. The van der Waals surface area contributed by atoms with Gasteiger partial charge in [-0.15, -0.1) is 0 Å². The van der Waals surface area contributed by atoms with Crippen molar-refractivity contribution in [2.45, 2.75) is 13.3 Å². The molecule has 1 amide bonds. The van der Waals surface area contributed by atoms with E-state index in [4.69, 9.17) is 5.73 Å². The first-order valence-corrected chi connectivity index (χ1v) is 6.39. The van der Waals surface area contributed by atoms with Crippen LogP contribution in [0.25, 0.3) is 0 Å². The average molecular weight is 278 g/mol. The van der Waals surface area contributed by atoms with E-state index in [-0.39, 0.29) is 35.3 Å². The molecule has 0 bridgehead atoms. The van der Waals surface area contributed by atoms with Crippen molar-refractivity contribution in [2.24, 2.45) is 11.1 Å². The number of ketones is 1. The topological polar surface area (TPSA) is 104 Å². The van der Waals surface area contributed by atoms with E-state index in [9.17, 15) is 19.8 Å². The van der Waals surface area contributed by atoms with Gasteiger partial charge in [-0.1, -0.05) is 0 Å². The van der Waals surface area contributed by atoms with Crippen molar-refractivity contribution in [3.8, 4) is 11.5 Å². The molecule has 1 fully saturated rings. The summed E-state index contributed by atoms with van der Waals surface area (Å²) >= 11 is 0. The van der Waals surface area contributed by atoms with Crippen LogP contribution in [0.15, 0.2) is 18.2 Å². The molecule has 1 atom stereocenters. The molecule has 1 aliphatic heterocycles. The minimum absolute atomic E-state index is 0.0958. The van der Waals surface area contributed by atoms with E-state index >= 15 is 0 Å². The van der Waals surface area contributed by atoms with E-state index in [1.165, 1.54) is 12.1 Å². The summed E-state index contributed by atoms with van der Waals surface area (Å²) < 4.78 is 0. The average Bonchev–Trinajstić information content (AvgIpc) is 2.72. The number of nitrogens with two attached hydrogens (primary N) is 1. The van der Waals surface area contributed by atoms with Crippen LogP contribution in [0.1, 0.15) is 23.7 Å². The summed E-state index contributed by atoms with van der Waals surface area (Å²) in [5.41, 5.74) is 4.92. The van der Waals surface area contributed by atoms with Crippen LogP contribution in [0.2, 0.25) is 0 Å². The highest BCUT2D eigenvalue weighted by atomic mass is 16.3. The van der Waals surface area contributed by atoms with Crippen molar-refractivity contribution in [3.05, 3.63) is 23.8 Å². The van der Waals surface area contributed by atoms with Crippen molar-refractivity contribution in [1.29, 1.82) is 0 Å². The van der Waals surface area contributed by atoms with E-state index < -0.39 is 5.41 Å². The number of likely N-dealkylation sites (tertiary alicyclic amines) is 1. The molecule has 1 heterocycles. The monoisotopic (exact) mass is 278 g/mol. The Kier molecular flexibility index (Phi) is 3.67. The van der Waals surface area contributed by atoms with Gasteiger partial charge in [0.05, 0.1) is 17.5 Å². The Labute approximate surface area is 116 Å². The number of benzene rings is 1. The molecule has 6 nitrogen and oxygen atoms in total. The Morgan fingerprint density at radius 1 is 1.40 bits per heavy atom.